The van der Waals surface area contributed by atoms with E-state index < -0.39 is 0 Å². The highest BCUT2D eigenvalue weighted by atomic mass is 35.5. The van der Waals surface area contributed by atoms with Gasteiger partial charge in [0.1, 0.15) is 4.34 Å². The topological polar surface area (TPSA) is 31.2 Å². The molecule has 0 aliphatic heterocycles. The Morgan fingerprint density at radius 2 is 2.33 bits per heavy atom. The van der Waals surface area contributed by atoms with Crippen LogP contribution < -0.4 is 5.56 Å². The van der Waals surface area contributed by atoms with Gasteiger partial charge in [0.15, 0.2) is 0 Å². The minimum absolute atomic E-state index is 0.0322. The van der Waals surface area contributed by atoms with E-state index in [9.17, 15) is 4.79 Å². The normalized spacial score (nSPS) is 13.5. The van der Waals surface area contributed by atoms with Crippen LogP contribution in [-0.2, 0) is 11.3 Å². The lowest BCUT2D eigenvalue weighted by Crippen LogP contribution is -2.12. The van der Waals surface area contributed by atoms with Gasteiger partial charge in [-0.3, -0.25) is 8.75 Å². The summed E-state index contributed by atoms with van der Waals surface area (Å²) < 4.78 is 6.80. The minimum atomic E-state index is -0.0322. The lowest BCUT2D eigenvalue weighted by molar-refractivity contribution is 0.270. The van der Waals surface area contributed by atoms with Crippen molar-refractivity contribution in [1.82, 2.24) is 3.96 Å². The van der Waals surface area contributed by atoms with Gasteiger partial charge in [0, 0.05) is 6.07 Å². The Kier molecular flexibility index (Phi) is 7.87. The SMILES string of the molecule is C=COCC.CC1=CCC=CC(Cn2sc(Cl)cc2=O)=C1. The van der Waals surface area contributed by atoms with Gasteiger partial charge in [0.05, 0.1) is 19.4 Å². The molecule has 1 aliphatic rings. The molecule has 2 rings (SSSR count). The lowest BCUT2D eigenvalue weighted by Gasteiger charge is -2.01. The smallest absolute Gasteiger partial charge is 0.262 e. The van der Waals surface area contributed by atoms with Gasteiger partial charge in [-0.1, -0.05) is 48.1 Å². The Morgan fingerprint density at radius 1 is 1.57 bits per heavy atom. The fourth-order valence-electron chi connectivity index (χ4n) is 1.71. The summed E-state index contributed by atoms with van der Waals surface area (Å²) in [6.07, 6.45) is 10.8. The Morgan fingerprint density at radius 3 is 2.86 bits per heavy atom. The predicted octanol–water partition coefficient (Wildman–Crippen LogP) is 4.56. The Balaban J connectivity index is 0.000000383. The second kappa shape index (κ2) is 9.42. The lowest BCUT2D eigenvalue weighted by atomic mass is 10.2. The third kappa shape index (κ3) is 6.65. The first-order chi connectivity index (χ1) is 10.1. The van der Waals surface area contributed by atoms with Gasteiger partial charge < -0.3 is 4.74 Å². The molecule has 0 amide bonds. The maximum absolute atomic E-state index is 11.5. The number of allylic oxidation sites excluding steroid dienone is 6. The first-order valence-corrected chi connectivity index (χ1v) is 7.85. The molecule has 114 valence electrons. The molecule has 0 bridgehead atoms. The van der Waals surface area contributed by atoms with Crippen LogP contribution in [0.4, 0.5) is 0 Å². The molecule has 0 saturated heterocycles. The summed E-state index contributed by atoms with van der Waals surface area (Å²) in [5, 5.41) is 0. The van der Waals surface area contributed by atoms with Gasteiger partial charge in [-0.05, 0) is 37.4 Å². The first-order valence-electron chi connectivity index (χ1n) is 6.69. The maximum Gasteiger partial charge on any atom is 0.262 e. The molecular formula is C16H20ClNO2S. The third-order valence-corrected chi connectivity index (χ3v) is 3.75. The number of halogens is 1. The first kappa shape index (κ1) is 17.5. The molecule has 1 heterocycles. The average Bonchev–Trinajstić information content (AvgIpc) is 2.62. The van der Waals surface area contributed by atoms with E-state index in [1.807, 2.05) is 6.92 Å². The fourth-order valence-corrected chi connectivity index (χ4v) is 2.77. The van der Waals surface area contributed by atoms with Gasteiger partial charge in [-0.15, -0.1) is 0 Å². The molecule has 0 spiro atoms. The molecule has 21 heavy (non-hydrogen) atoms. The van der Waals surface area contributed by atoms with Crippen LogP contribution in [0.25, 0.3) is 0 Å². The van der Waals surface area contributed by atoms with Crippen LogP contribution in [-0.4, -0.2) is 10.6 Å². The van der Waals surface area contributed by atoms with Crippen LogP contribution in [0.2, 0.25) is 4.34 Å². The highest BCUT2D eigenvalue weighted by Crippen LogP contribution is 2.16. The standard InChI is InChI=1S/C12H12ClNOS.C4H8O/c1-9-4-2-3-5-10(6-9)8-14-12(15)7-11(13)16-14;1-3-5-4-2/h3-7H,2,8H2,1H3;3H,1,4H2,2H3. The van der Waals surface area contributed by atoms with Crippen LogP contribution in [0.1, 0.15) is 20.3 Å². The van der Waals surface area contributed by atoms with Crippen molar-refractivity contribution >= 4 is 23.1 Å². The van der Waals surface area contributed by atoms with Crippen molar-refractivity contribution < 1.29 is 4.74 Å². The molecule has 0 radical (unpaired) electrons. The molecular weight excluding hydrogens is 306 g/mol. The number of rotatable bonds is 4. The number of nitrogens with zero attached hydrogens (tertiary/aromatic N) is 1. The van der Waals surface area contributed by atoms with E-state index in [0.717, 1.165) is 18.6 Å². The number of ether oxygens (including phenoxy) is 1. The molecule has 5 heteroatoms. The molecule has 1 aromatic heterocycles. The highest BCUT2D eigenvalue weighted by Gasteiger charge is 2.04. The Hall–Kier alpha value is -1.52. The summed E-state index contributed by atoms with van der Waals surface area (Å²) in [6.45, 7) is 8.63. The quantitative estimate of drug-likeness (QED) is 0.760. The molecule has 0 N–H and O–H groups in total. The minimum Gasteiger partial charge on any atom is -0.502 e. The van der Waals surface area contributed by atoms with E-state index in [1.165, 1.54) is 29.4 Å². The summed E-state index contributed by atoms with van der Waals surface area (Å²) in [5.74, 6) is 0. The molecule has 0 saturated carbocycles. The number of hydrogen-bond acceptors (Lipinski definition) is 3. The Bertz CT molecular complexity index is 608. The largest absolute Gasteiger partial charge is 0.502 e. The number of hydrogen-bond donors (Lipinski definition) is 0. The van der Waals surface area contributed by atoms with Gasteiger partial charge in [-0.25, -0.2) is 0 Å². The van der Waals surface area contributed by atoms with Gasteiger partial charge in [-0.2, -0.15) is 0 Å². The van der Waals surface area contributed by atoms with Crippen molar-refractivity contribution in [2.24, 2.45) is 0 Å². The van der Waals surface area contributed by atoms with E-state index in [2.05, 4.69) is 42.5 Å². The molecule has 1 aliphatic carbocycles. The van der Waals surface area contributed by atoms with E-state index in [-0.39, 0.29) is 5.56 Å². The summed E-state index contributed by atoms with van der Waals surface area (Å²) in [7, 11) is 0. The zero-order valence-electron chi connectivity index (χ0n) is 12.3. The Labute approximate surface area is 134 Å². The summed E-state index contributed by atoms with van der Waals surface area (Å²) in [5.41, 5.74) is 2.33. The molecule has 0 aromatic carbocycles. The van der Waals surface area contributed by atoms with Crippen molar-refractivity contribution in [3.8, 4) is 0 Å². The zero-order chi connectivity index (χ0) is 15.7. The van der Waals surface area contributed by atoms with Crippen molar-refractivity contribution in [2.75, 3.05) is 6.61 Å². The molecule has 1 aromatic rings. The van der Waals surface area contributed by atoms with Gasteiger partial charge in [0.25, 0.3) is 5.56 Å². The zero-order valence-corrected chi connectivity index (χ0v) is 13.9. The molecule has 0 fully saturated rings. The molecule has 0 unspecified atom stereocenters. The maximum atomic E-state index is 11.5. The predicted molar refractivity (Wildman–Crippen MR) is 91.0 cm³/mol. The second-order valence-electron chi connectivity index (χ2n) is 4.34. The van der Waals surface area contributed by atoms with E-state index >= 15 is 0 Å². The summed E-state index contributed by atoms with van der Waals surface area (Å²) in [6, 6.07) is 1.45. The monoisotopic (exact) mass is 325 g/mol. The molecule has 0 atom stereocenters. The van der Waals surface area contributed by atoms with Crippen LogP contribution in [0.5, 0.6) is 0 Å². The van der Waals surface area contributed by atoms with Crippen molar-refractivity contribution in [1.29, 1.82) is 0 Å². The fraction of sp³-hybridized carbons (Fsp3) is 0.312. The summed E-state index contributed by atoms with van der Waals surface area (Å²) in [4.78, 5) is 11.5. The summed E-state index contributed by atoms with van der Waals surface area (Å²) >= 11 is 7.08. The molecule has 3 nitrogen and oxygen atoms in total. The third-order valence-electron chi connectivity index (χ3n) is 2.61. The second-order valence-corrected chi connectivity index (χ2v) is 6.04. The van der Waals surface area contributed by atoms with Crippen molar-refractivity contribution in [2.45, 2.75) is 26.8 Å². The average molecular weight is 326 g/mol. The van der Waals surface area contributed by atoms with Crippen molar-refractivity contribution in [3.05, 3.63) is 69.0 Å². The number of aromatic nitrogens is 1. The highest BCUT2D eigenvalue weighted by molar-refractivity contribution is 7.11. The van der Waals surface area contributed by atoms with E-state index in [4.69, 9.17) is 11.6 Å². The van der Waals surface area contributed by atoms with Crippen LogP contribution in [0, 0.1) is 0 Å². The van der Waals surface area contributed by atoms with Crippen LogP contribution in [0.3, 0.4) is 0 Å². The van der Waals surface area contributed by atoms with E-state index in [1.54, 1.807) is 3.96 Å². The van der Waals surface area contributed by atoms with E-state index in [0.29, 0.717) is 10.9 Å². The van der Waals surface area contributed by atoms with Gasteiger partial charge in [0.2, 0.25) is 0 Å². The van der Waals surface area contributed by atoms with Crippen molar-refractivity contribution in [3.63, 3.8) is 0 Å². The van der Waals surface area contributed by atoms with Crippen LogP contribution in [0.15, 0.2) is 59.2 Å². The van der Waals surface area contributed by atoms with Gasteiger partial charge >= 0.3 is 0 Å². The van der Waals surface area contributed by atoms with Crippen LogP contribution >= 0.6 is 23.1 Å².